The van der Waals surface area contributed by atoms with Crippen molar-refractivity contribution < 1.29 is 17.7 Å². The maximum Gasteiger partial charge on any atom is 0.282 e. The molecule has 2 heterocycles. The van der Waals surface area contributed by atoms with E-state index in [1.54, 1.807) is 23.2 Å². The van der Waals surface area contributed by atoms with Gasteiger partial charge in [-0.3, -0.25) is 4.79 Å². The topological polar surface area (TPSA) is 99.8 Å². The van der Waals surface area contributed by atoms with Gasteiger partial charge in [-0.2, -0.15) is 22.0 Å². The minimum Gasteiger partial charge on any atom is -0.340 e. The number of aryl methyl sites for hydroxylation is 2. The first kappa shape index (κ1) is 21.2. The summed E-state index contributed by atoms with van der Waals surface area (Å²) in [7, 11) is -1.76. The smallest absolute Gasteiger partial charge is 0.282 e. The summed E-state index contributed by atoms with van der Waals surface area (Å²) in [5, 5.41) is 3.74. The normalized spacial score (nSPS) is 20.0. The number of piperazine rings is 1. The molecule has 0 unspecified atom stereocenters. The Bertz CT molecular complexity index is 752. The van der Waals surface area contributed by atoms with E-state index in [4.69, 9.17) is 4.52 Å². The average molecular weight is 414 g/mol. The molecule has 0 spiro atoms. The van der Waals surface area contributed by atoms with Crippen LogP contribution in [-0.4, -0.2) is 77.2 Å². The fourth-order valence-electron chi connectivity index (χ4n) is 3.97. The lowest BCUT2D eigenvalue weighted by Gasteiger charge is -2.38. The molecule has 0 radical (unpaired) electrons. The highest BCUT2D eigenvalue weighted by atomic mass is 32.2. The minimum absolute atomic E-state index is 0.0499. The Hall–Kier alpha value is -1.52. The predicted octanol–water partition coefficient (Wildman–Crippen LogP) is 1.35. The van der Waals surface area contributed by atoms with Gasteiger partial charge >= 0.3 is 0 Å². The first-order valence-corrected chi connectivity index (χ1v) is 11.6. The van der Waals surface area contributed by atoms with Crippen LogP contribution >= 0.6 is 0 Å². The van der Waals surface area contributed by atoms with Gasteiger partial charge in [0.05, 0.1) is 0 Å². The standard InChI is InChI=1S/C18H31N5O4S/c1-15-19-17(27-20-15)9-6-10-18(24)22-11-13-23(14-12-22)28(25,26)21(2)16-7-4-3-5-8-16/h16H,3-14H2,1-2H3. The van der Waals surface area contributed by atoms with Crippen LogP contribution in [0, 0.1) is 6.92 Å². The van der Waals surface area contributed by atoms with Gasteiger partial charge in [-0.05, 0) is 26.2 Å². The molecular formula is C18H31N5O4S. The molecule has 158 valence electrons. The molecule has 0 N–H and O–H groups in total. The third kappa shape index (κ3) is 5.09. The van der Waals surface area contributed by atoms with Crippen molar-refractivity contribution >= 4 is 16.1 Å². The average Bonchev–Trinajstić information content (AvgIpc) is 3.13. The van der Waals surface area contributed by atoms with Gasteiger partial charge in [0.25, 0.3) is 10.2 Å². The highest BCUT2D eigenvalue weighted by Gasteiger charge is 2.35. The molecule has 2 aliphatic rings. The second kappa shape index (κ2) is 9.32. The van der Waals surface area contributed by atoms with E-state index in [1.165, 1.54) is 10.7 Å². The van der Waals surface area contributed by atoms with Gasteiger partial charge in [0.15, 0.2) is 5.82 Å². The van der Waals surface area contributed by atoms with Crippen molar-refractivity contribution in [1.82, 2.24) is 23.7 Å². The van der Waals surface area contributed by atoms with Crippen molar-refractivity contribution in [1.29, 1.82) is 0 Å². The third-order valence-corrected chi connectivity index (χ3v) is 7.77. The first-order chi connectivity index (χ1) is 13.4. The number of nitrogens with zero attached hydrogens (tertiary/aromatic N) is 5. The van der Waals surface area contributed by atoms with Gasteiger partial charge < -0.3 is 9.42 Å². The fourth-order valence-corrected chi connectivity index (χ4v) is 5.55. The maximum atomic E-state index is 12.9. The van der Waals surface area contributed by atoms with E-state index in [0.717, 1.165) is 25.7 Å². The van der Waals surface area contributed by atoms with Crippen molar-refractivity contribution in [3.05, 3.63) is 11.7 Å². The molecule has 1 aromatic heterocycles. The lowest BCUT2D eigenvalue weighted by atomic mass is 9.96. The maximum absolute atomic E-state index is 12.9. The lowest BCUT2D eigenvalue weighted by Crippen LogP contribution is -2.55. The molecule has 2 fully saturated rings. The number of amides is 1. The summed E-state index contributed by atoms with van der Waals surface area (Å²) in [6, 6.07) is 0.103. The van der Waals surface area contributed by atoms with E-state index in [9.17, 15) is 13.2 Å². The number of rotatable bonds is 7. The van der Waals surface area contributed by atoms with Crippen molar-refractivity contribution in [3.63, 3.8) is 0 Å². The molecule has 28 heavy (non-hydrogen) atoms. The summed E-state index contributed by atoms with van der Waals surface area (Å²) in [4.78, 5) is 18.3. The Morgan fingerprint density at radius 2 is 1.86 bits per heavy atom. The van der Waals surface area contributed by atoms with Crippen LogP contribution in [0.3, 0.4) is 0 Å². The second-order valence-corrected chi connectivity index (χ2v) is 9.67. The first-order valence-electron chi connectivity index (χ1n) is 10.2. The summed E-state index contributed by atoms with van der Waals surface area (Å²) >= 11 is 0. The fraction of sp³-hybridized carbons (Fsp3) is 0.833. The summed E-state index contributed by atoms with van der Waals surface area (Å²) in [6.07, 6.45) is 6.87. The number of hydrogen-bond acceptors (Lipinski definition) is 6. The molecule has 1 aliphatic carbocycles. The molecule has 10 heteroatoms. The zero-order chi connectivity index (χ0) is 20.1. The molecule has 9 nitrogen and oxygen atoms in total. The molecule has 1 aliphatic heterocycles. The van der Waals surface area contributed by atoms with Gasteiger partial charge in [0.1, 0.15) is 0 Å². The van der Waals surface area contributed by atoms with Crippen LogP contribution in [0.15, 0.2) is 4.52 Å². The molecule has 0 aromatic carbocycles. The molecular weight excluding hydrogens is 382 g/mol. The van der Waals surface area contributed by atoms with Crippen LogP contribution in [-0.2, 0) is 21.4 Å². The molecule has 3 rings (SSSR count). The van der Waals surface area contributed by atoms with Crippen LogP contribution in [0.1, 0.15) is 56.7 Å². The van der Waals surface area contributed by atoms with Crippen molar-refractivity contribution in [2.75, 3.05) is 33.2 Å². The van der Waals surface area contributed by atoms with E-state index >= 15 is 0 Å². The van der Waals surface area contributed by atoms with Gasteiger partial charge in [0, 0.05) is 52.1 Å². The molecule has 1 saturated heterocycles. The zero-order valence-corrected chi connectivity index (χ0v) is 17.7. The predicted molar refractivity (Wildman–Crippen MR) is 104 cm³/mol. The molecule has 1 saturated carbocycles. The lowest BCUT2D eigenvalue weighted by molar-refractivity contribution is -0.132. The number of hydrogen-bond donors (Lipinski definition) is 0. The van der Waals surface area contributed by atoms with E-state index in [1.807, 2.05) is 0 Å². The highest BCUT2D eigenvalue weighted by Crippen LogP contribution is 2.25. The monoisotopic (exact) mass is 413 g/mol. The summed E-state index contributed by atoms with van der Waals surface area (Å²) < 4.78 is 34.0. The van der Waals surface area contributed by atoms with Gasteiger partial charge in [-0.15, -0.1) is 0 Å². The van der Waals surface area contributed by atoms with Crippen LogP contribution in [0.2, 0.25) is 0 Å². The third-order valence-electron chi connectivity index (χ3n) is 5.72. The van der Waals surface area contributed by atoms with Crippen molar-refractivity contribution in [2.45, 2.75) is 64.3 Å². The zero-order valence-electron chi connectivity index (χ0n) is 16.8. The Balaban J connectivity index is 1.44. The van der Waals surface area contributed by atoms with Gasteiger partial charge in [-0.25, -0.2) is 0 Å². The molecule has 0 atom stereocenters. The highest BCUT2D eigenvalue weighted by molar-refractivity contribution is 7.86. The summed E-state index contributed by atoms with van der Waals surface area (Å²) in [6.45, 7) is 3.35. The SMILES string of the molecule is Cc1noc(CCCC(=O)N2CCN(S(=O)(=O)N(C)C3CCCCC3)CC2)n1. The Morgan fingerprint density at radius 1 is 1.18 bits per heavy atom. The van der Waals surface area contributed by atoms with E-state index in [-0.39, 0.29) is 11.9 Å². The van der Waals surface area contributed by atoms with Crippen molar-refractivity contribution in [2.24, 2.45) is 0 Å². The van der Waals surface area contributed by atoms with Crippen LogP contribution in [0.25, 0.3) is 0 Å². The Kier molecular flexibility index (Phi) is 7.05. The van der Waals surface area contributed by atoms with Crippen molar-refractivity contribution in [3.8, 4) is 0 Å². The second-order valence-electron chi connectivity index (χ2n) is 7.68. The summed E-state index contributed by atoms with van der Waals surface area (Å²) in [5.41, 5.74) is 0. The Morgan fingerprint density at radius 3 is 2.46 bits per heavy atom. The minimum atomic E-state index is -3.46. The number of aromatic nitrogens is 2. The number of carbonyl (C=O) groups is 1. The largest absolute Gasteiger partial charge is 0.340 e. The Labute approximate surface area is 167 Å². The quantitative estimate of drug-likeness (QED) is 0.669. The molecule has 1 aromatic rings. The molecule has 1 amide bonds. The van der Waals surface area contributed by atoms with Crippen LogP contribution < -0.4 is 0 Å². The van der Waals surface area contributed by atoms with Crippen LogP contribution in [0.4, 0.5) is 0 Å². The summed E-state index contributed by atoms with van der Waals surface area (Å²) in [5.74, 6) is 1.19. The van der Waals surface area contributed by atoms with Crippen LogP contribution in [0.5, 0.6) is 0 Å². The van der Waals surface area contributed by atoms with Gasteiger partial charge in [0.2, 0.25) is 11.8 Å². The van der Waals surface area contributed by atoms with E-state index in [0.29, 0.717) is 57.2 Å². The molecule has 0 bridgehead atoms. The number of carbonyl (C=O) groups excluding carboxylic acids is 1. The van der Waals surface area contributed by atoms with Gasteiger partial charge in [-0.1, -0.05) is 24.4 Å². The van der Waals surface area contributed by atoms with E-state index in [2.05, 4.69) is 10.1 Å². The van der Waals surface area contributed by atoms with E-state index < -0.39 is 10.2 Å².